The molecule has 0 aliphatic carbocycles. The summed E-state index contributed by atoms with van der Waals surface area (Å²) in [6.07, 6.45) is 3.62. The minimum absolute atomic E-state index is 0.266. The van der Waals surface area contributed by atoms with Crippen molar-refractivity contribution in [1.29, 1.82) is 0 Å². The van der Waals surface area contributed by atoms with Crippen LogP contribution in [0.1, 0.15) is 11.4 Å². The molecule has 2 aromatic rings. The maximum atomic E-state index is 13.4. The molecule has 1 aromatic carbocycles. The summed E-state index contributed by atoms with van der Waals surface area (Å²) in [5, 5.41) is 3.18. The Kier molecular flexibility index (Phi) is 3.47. The average molecular weight is 298 g/mol. The van der Waals surface area contributed by atoms with Gasteiger partial charge in [-0.3, -0.25) is 0 Å². The zero-order chi connectivity index (χ0) is 12.4. The number of hydrogen-bond acceptors (Lipinski definition) is 2. The van der Waals surface area contributed by atoms with Crippen LogP contribution in [0, 0.1) is 12.7 Å². The predicted molar refractivity (Wildman–Crippen MR) is 69.4 cm³/mol. The molecular formula is C12H13BrFN3. The SMILES string of the molecule is Cc1cc(Br)c(F)cc1NCc1nccn1C. The third kappa shape index (κ3) is 2.66. The molecule has 0 amide bonds. The molecule has 5 heteroatoms. The van der Waals surface area contributed by atoms with Crippen LogP contribution in [0.5, 0.6) is 0 Å². The Morgan fingerprint density at radius 1 is 1.47 bits per heavy atom. The van der Waals surface area contributed by atoms with Gasteiger partial charge in [0.15, 0.2) is 0 Å². The standard InChI is InChI=1S/C12H13BrFN3/c1-8-5-9(13)10(14)6-11(8)16-7-12-15-3-4-17(12)2/h3-6,16H,7H2,1-2H3. The largest absolute Gasteiger partial charge is 0.378 e. The van der Waals surface area contributed by atoms with Gasteiger partial charge >= 0.3 is 0 Å². The van der Waals surface area contributed by atoms with Crippen molar-refractivity contribution >= 4 is 21.6 Å². The first-order valence-corrected chi connectivity index (χ1v) is 6.03. The minimum Gasteiger partial charge on any atom is -0.378 e. The number of anilines is 1. The fourth-order valence-electron chi connectivity index (χ4n) is 1.58. The number of nitrogens with zero attached hydrogens (tertiary/aromatic N) is 2. The first-order chi connectivity index (χ1) is 8.08. The van der Waals surface area contributed by atoms with Crippen molar-refractivity contribution in [2.24, 2.45) is 7.05 Å². The molecule has 3 nitrogen and oxygen atoms in total. The molecule has 0 saturated heterocycles. The molecule has 0 saturated carbocycles. The normalized spacial score (nSPS) is 10.6. The Hall–Kier alpha value is -1.36. The fraction of sp³-hybridized carbons (Fsp3) is 0.250. The molecule has 1 N–H and O–H groups in total. The quantitative estimate of drug-likeness (QED) is 0.942. The van der Waals surface area contributed by atoms with Gasteiger partial charge in [-0.15, -0.1) is 0 Å². The second kappa shape index (κ2) is 4.87. The van der Waals surface area contributed by atoms with Crippen molar-refractivity contribution in [3.8, 4) is 0 Å². The average Bonchev–Trinajstić information content (AvgIpc) is 2.68. The van der Waals surface area contributed by atoms with Gasteiger partial charge in [-0.2, -0.15) is 0 Å². The van der Waals surface area contributed by atoms with Gasteiger partial charge in [-0.25, -0.2) is 9.37 Å². The lowest BCUT2D eigenvalue weighted by molar-refractivity contribution is 0.621. The van der Waals surface area contributed by atoms with Crippen LogP contribution in [0.15, 0.2) is 29.0 Å². The number of benzene rings is 1. The van der Waals surface area contributed by atoms with Crippen LogP contribution in [0.3, 0.4) is 0 Å². The fourth-order valence-corrected chi connectivity index (χ4v) is 2.04. The molecule has 1 aromatic heterocycles. The molecule has 0 radical (unpaired) electrons. The van der Waals surface area contributed by atoms with Gasteiger partial charge in [0.05, 0.1) is 11.0 Å². The van der Waals surface area contributed by atoms with E-state index in [-0.39, 0.29) is 5.82 Å². The van der Waals surface area contributed by atoms with E-state index in [4.69, 9.17) is 0 Å². The van der Waals surface area contributed by atoms with Crippen molar-refractivity contribution in [2.45, 2.75) is 13.5 Å². The summed E-state index contributed by atoms with van der Waals surface area (Å²) in [5.74, 6) is 0.644. The smallest absolute Gasteiger partial charge is 0.139 e. The van der Waals surface area contributed by atoms with Gasteiger partial charge < -0.3 is 9.88 Å². The van der Waals surface area contributed by atoms with Crippen LogP contribution >= 0.6 is 15.9 Å². The third-order valence-electron chi connectivity index (χ3n) is 2.63. The van der Waals surface area contributed by atoms with E-state index < -0.39 is 0 Å². The summed E-state index contributed by atoms with van der Waals surface area (Å²) in [6.45, 7) is 2.51. The maximum Gasteiger partial charge on any atom is 0.139 e. The summed E-state index contributed by atoms with van der Waals surface area (Å²) < 4.78 is 15.8. The molecule has 0 spiro atoms. The number of hydrogen-bond donors (Lipinski definition) is 1. The second-order valence-electron chi connectivity index (χ2n) is 3.89. The highest BCUT2D eigenvalue weighted by Crippen LogP contribution is 2.24. The van der Waals surface area contributed by atoms with Crippen molar-refractivity contribution in [2.75, 3.05) is 5.32 Å². The molecule has 0 unspecified atom stereocenters. The van der Waals surface area contributed by atoms with Crippen LogP contribution in [0.4, 0.5) is 10.1 Å². The maximum absolute atomic E-state index is 13.4. The highest BCUT2D eigenvalue weighted by molar-refractivity contribution is 9.10. The van der Waals surface area contributed by atoms with Crippen LogP contribution in [-0.2, 0) is 13.6 Å². The molecule has 0 atom stereocenters. The number of aromatic nitrogens is 2. The van der Waals surface area contributed by atoms with Crippen molar-refractivity contribution in [3.63, 3.8) is 0 Å². The Morgan fingerprint density at radius 2 is 2.24 bits per heavy atom. The zero-order valence-corrected chi connectivity index (χ0v) is 11.3. The molecule has 90 valence electrons. The monoisotopic (exact) mass is 297 g/mol. The van der Waals surface area contributed by atoms with E-state index in [1.165, 1.54) is 6.07 Å². The van der Waals surface area contributed by atoms with E-state index in [1.54, 1.807) is 12.3 Å². The summed E-state index contributed by atoms with van der Waals surface area (Å²) in [6, 6.07) is 3.25. The summed E-state index contributed by atoms with van der Waals surface area (Å²) in [5.41, 5.74) is 1.78. The molecule has 1 heterocycles. The number of imidazole rings is 1. The number of halogens is 2. The lowest BCUT2D eigenvalue weighted by Crippen LogP contribution is -2.06. The minimum atomic E-state index is -0.266. The van der Waals surface area contributed by atoms with E-state index >= 15 is 0 Å². The Balaban J connectivity index is 2.14. The van der Waals surface area contributed by atoms with Gasteiger partial charge in [-0.1, -0.05) is 0 Å². The number of rotatable bonds is 3. The lowest BCUT2D eigenvalue weighted by Gasteiger charge is -2.10. The van der Waals surface area contributed by atoms with Gasteiger partial charge in [0.1, 0.15) is 11.6 Å². The third-order valence-corrected chi connectivity index (χ3v) is 3.23. The van der Waals surface area contributed by atoms with Crippen molar-refractivity contribution < 1.29 is 4.39 Å². The molecule has 17 heavy (non-hydrogen) atoms. The number of nitrogens with one attached hydrogen (secondary N) is 1. The second-order valence-corrected chi connectivity index (χ2v) is 4.74. The molecule has 0 aliphatic rings. The van der Waals surface area contributed by atoms with Gasteiger partial charge in [0, 0.05) is 25.1 Å². The topological polar surface area (TPSA) is 29.9 Å². The van der Waals surface area contributed by atoms with Gasteiger partial charge in [-0.05, 0) is 40.5 Å². The molecule has 0 bridgehead atoms. The molecular weight excluding hydrogens is 285 g/mol. The highest BCUT2D eigenvalue weighted by Gasteiger charge is 2.06. The lowest BCUT2D eigenvalue weighted by atomic mass is 10.2. The molecule has 2 rings (SSSR count). The van der Waals surface area contributed by atoms with Crippen LogP contribution in [0.25, 0.3) is 0 Å². The Morgan fingerprint density at radius 3 is 2.88 bits per heavy atom. The van der Waals surface area contributed by atoms with Gasteiger partial charge in [0.25, 0.3) is 0 Å². The predicted octanol–water partition coefficient (Wildman–Crippen LogP) is 3.24. The first kappa shape index (κ1) is 12.1. The van der Waals surface area contributed by atoms with Crippen LogP contribution in [0.2, 0.25) is 0 Å². The van der Waals surface area contributed by atoms with Crippen LogP contribution < -0.4 is 5.32 Å². The van der Waals surface area contributed by atoms with E-state index in [1.807, 2.05) is 24.7 Å². The van der Waals surface area contributed by atoms with Crippen LogP contribution in [-0.4, -0.2) is 9.55 Å². The summed E-state index contributed by atoms with van der Waals surface area (Å²) in [7, 11) is 1.93. The first-order valence-electron chi connectivity index (χ1n) is 5.23. The van der Waals surface area contributed by atoms with E-state index in [0.29, 0.717) is 11.0 Å². The molecule has 0 fully saturated rings. The number of aryl methyl sites for hydroxylation is 2. The van der Waals surface area contributed by atoms with Gasteiger partial charge in [0.2, 0.25) is 0 Å². The van der Waals surface area contributed by atoms with Crippen molar-refractivity contribution in [1.82, 2.24) is 9.55 Å². The Labute approximate surface area is 108 Å². The summed E-state index contributed by atoms with van der Waals surface area (Å²) >= 11 is 3.16. The zero-order valence-electron chi connectivity index (χ0n) is 9.67. The highest BCUT2D eigenvalue weighted by atomic mass is 79.9. The van der Waals surface area contributed by atoms with E-state index in [2.05, 4.69) is 26.2 Å². The molecule has 0 aliphatic heterocycles. The van der Waals surface area contributed by atoms with Crippen molar-refractivity contribution in [3.05, 3.63) is 46.2 Å². The summed E-state index contributed by atoms with van der Waals surface area (Å²) in [4.78, 5) is 4.20. The Bertz CT molecular complexity index is 537. The van der Waals surface area contributed by atoms with E-state index in [0.717, 1.165) is 17.1 Å². The van der Waals surface area contributed by atoms with E-state index in [9.17, 15) is 4.39 Å².